The van der Waals surface area contributed by atoms with Crippen molar-refractivity contribution in [3.05, 3.63) is 36.4 Å². The summed E-state index contributed by atoms with van der Waals surface area (Å²) in [5.74, 6) is -0.145. The molecule has 3 aromatic rings. The molecule has 6 nitrogen and oxygen atoms in total. The van der Waals surface area contributed by atoms with E-state index in [9.17, 15) is 9.90 Å². The number of thioether (sulfide) groups is 1. The molecule has 3 N–H and O–H groups in total. The Balaban J connectivity index is 1.96. The van der Waals surface area contributed by atoms with Crippen molar-refractivity contribution in [3.63, 3.8) is 0 Å². The molecule has 0 spiro atoms. The second-order valence-electron chi connectivity index (χ2n) is 4.34. The Bertz CT molecular complexity index is 816. The number of phenols is 1. The minimum atomic E-state index is -0.465. The van der Waals surface area contributed by atoms with Crippen LogP contribution in [-0.4, -0.2) is 27.0 Å². The van der Waals surface area contributed by atoms with Gasteiger partial charge in [-0.25, -0.2) is 0 Å². The number of fused-ring (bicyclic) bond motifs is 1. The van der Waals surface area contributed by atoms with Crippen molar-refractivity contribution in [2.24, 2.45) is 5.73 Å². The lowest BCUT2D eigenvalue weighted by Gasteiger charge is -2.03. The maximum Gasteiger partial charge on any atom is 0.277 e. The van der Waals surface area contributed by atoms with E-state index in [4.69, 9.17) is 10.2 Å². The standard InChI is InChI=1S/C14H11N3O3S/c15-12(19)7-21-14-17-16-13(20-14)10-5-8-3-1-2-4-9(8)6-11(10)18/h1-6,18H,7H2,(H2,15,19). The van der Waals surface area contributed by atoms with Crippen LogP contribution < -0.4 is 5.73 Å². The van der Waals surface area contributed by atoms with Crippen molar-refractivity contribution in [3.8, 4) is 17.2 Å². The number of hydrogen-bond donors (Lipinski definition) is 2. The van der Waals surface area contributed by atoms with Gasteiger partial charge in [-0.3, -0.25) is 4.79 Å². The normalized spacial score (nSPS) is 10.9. The van der Waals surface area contributed by atoms with Gasteiger partial charge in [0.2, 0.25) is 5.91 Å². The summed E-state index contributed by atoms with van der Waals surface area (Å²) in [4.78, 5) is 10.7. The summed E-state index contributed by atoms with van der Waals surface area (Å²) in [5.41, 5.74) is 5.51. The third kappa shape index (κ3) is 2.82. The minimum absolute atomic E-state index is 0.0591. The maximum absolute atomic E-state index is 10.7. The summed E-state index contributed by atoms with van der Waals surface area (Å²) in [6.45, 7) is 0. The smallest absolute Gasteiger partial charge is 0.277 e. The van der Waals surface area contributed by atoms with Crippen LogP contribution in [0.1, 0.15) is 0 Å². The van der Waals surface area contributed by atoms with Crippen LogP contribution in [0.15, 0.2) is 46.0 Å². The van der Waals surface area contributed by atoms with Crippen LogP contribution in [0.25, 0.3) is 22.2 Å². The zero-order valence-electron chi connectivity index (χ0n) is 10.8. The fourth-order valence-electron chi connectivity index (χ4n) is 1.91. The van der Waals surface area contributed by atoms with Crippen LogP contribution in [0.5, 0.6) is 5.75 Å². The first-order chi connectivity index (χ1) is 10.1. The van der Waals surface area contributed by atoms with E-state index in [1.165, 1.54) is 0 Å². The van der Waals surface area contributed by atoms with Crippen LogP contribution in [0.2, 0.25) is 0 Å². The molecule has 0 saturated heterocycles. The van der Waals surface area contributed by atoms with Gasteiger partial charge in [0, 0.05) is 0 Å². The topological polar surface area (TPSA) is 102 Å². The second-order valence-corrected chi connectivity index (χ2v) is 5.27. The molecule has 21 heavy (non-hydrogen) atoms. The molecule has 0 aliphatic carbocycles. The molecule has 3 rings (SSSR count). The van der Waals surface area contributed by atoms with Crippen molar-refractivity contribution >= 4 is 28.4 Å². The highest BCUT2D eigenvalue weighted by atomic mass is 32.2. The predicted molar refractivity (Wildman–Crippen MR) is 78.8 cm³/mol. The fourth-order valence-corrected chi connectivity index (χ4v) is 2.41. The maximum atomic E-state index is 10.7. The lowest BCUT2D eigenvalue weighted by molar-refractivity contribution is -0.115. The SMILES string of the molecule is NC(=O)CSc1nnc(-c2cc3ccccc3cc2O)o1. The van der Waals surface area contributed by atoms with Crippen LogP contribution in [0, 0.1) is 0 Å². The number of amides is 1. The highest BCUT2D eigenvalue weighted by Crippen LogP contribution is 2.33. The third-order valence-corrected chi connectivity index (χ3v) is 3.68. The number of benzene rings is 2. The minimum Gasteiger partial charge on any atom is -0.507 e. The van der Waals surface area contributed by atoms with Crippen LogP contribution >= 0.6 is 11.8 Å². The number of carbonyl (C=O) groups is 1. The molecule has 0 aliphatic heterocycles. The van der Waals surface area contributed by atoms with Gasteiger partial charge in [0.1, 0.15) is 5.75 Å². The molecule has 1 aromatic heterocycles. The molecule has 1 amide bonds. The molecular weight excluding hydrogens is 290 g/mol. The van der Waals surface area contributed by atoms with E-state index in [1.54, 1.807) is 12.1 Å². The Labute approximate surface area is 124 Å². The van der Waals surface area contributed by atoms with Crippen molar-refractivity contribution < 1.29 is 14.3 Å². The Morgan fingerprint density at radius 2 is 1.95 bits per heavy atom. The molecule has 7 heteroatoms. The second kappa shape index (κ2) is 5.45. The quantitative estimate of drug-likeness (QED) is 0.716. The van der Waals surface area contributed by atoms with Gasteiger partial charge in [-0.15, -0.1) is 10.2 Å². The summed E-state index contributed by atoms with van der Waals surface area (Å²) < 4.78 is 5.42. The number of aromatic nitrogens is 2. The number of nitrogens with zero attached hydrogens (tertiary/aromatic N) is 2. The Kier molecular flexibility index (Phi) is 3.49. The molecule has 2 aromatic carbocycles. The average molecular weight is 301 g/mol. The summed E-state index contributed by atoms with van der Waals surface area (Å²) in [6, 6.07) is 11.1. The van der Waals surface area contributed by atoms with E-state index in [0.717, 1.165) is 22.5 Å². The van der Waals surface area contributed by atoms with Gasteiger partial charge in [0.25, 0.3) is 11.1 Å². The van der Waals surface area contributed by atoms with E-state index < -0.39 is 5.91 Å². The van der Waals surface area contributed by atoms with Gasteiger partial charge in [0.05, 0.1) is 11.3 Å². The average Bonchev–Trinajstić information content (AvgIpc) is 2.93. The fraction of sp³-hybridized carbons (Fsp3) is 0.0714. The molecular formula is C14H11N3O3S. The van der Waals surface area contributed by atoms with E-state index in [0.29, 0.717) is 5.56 Å². The number of rotatable bonds is 4. The summed E-state index contributed by atoms with van der Waals surface area (Å²) in [6.07, 6.45) is 0. The van der Waals surface area contributed by atoms with Crippen LogP contribution in [0.3, 0.4) is 0 Å². The van der Waals surface area contributed by atoms with Crippen molar-refractivity contribution in [2.75, 3.05) is 5.75 Å². The zero-order chi connectivity index (χ0) is 14.8. The number of phenolic OH excluding ortho intramolecular Hbond substituents is 1. The lowest BCUT2D eigenvalue weighted by atomic mass is 10.1. The van der Waals surface area contributed by atoms with Crippen molar-refractivity contribution in [1.82, 2.24) is 10.2 Å². The lowest BCUT2D eigenvalue weighted by Crippen LogP contribution is -2.12. The molecule has 0 fully saturated rings. The monoisotopic (exact) mass is 301 g/mol. The Hall–Kier alpha value is -2.54. The molecule has 0 saturated carbocycles. The van der Waals surface area contributed by atoms with Crippen molar-refractivity contribution in [1.29, 1.82) is 0 Å². The van der Waals surface area contributed by atoms with Gasteiger partial charge >= 0.3 is 0 Å². The zero-order valence-corrected chi connectivity index (χ0v) is 11.6. The van der Waals surface area contributed by atoms with E-state index in [-0.39, 0.29) is 22.6 Å². The summed E-state index contributed by atoms with van der Waals surface area (Å²) in [7, 11) is 0. The molecule has 0 radical (unpaired) electrons. The van der Waals surface area contributed by atoms with Crippen LogP contribution in [0.4, 0.5) is 0 Å². The number of hydrogen-bond acceptors (Lipinski definition) is 6. The highest BCUT2D eigenvalue weighted by Gasteiger charge is 2.14. The number of nitrogens with two attached hydrogens (primary N) is 1. The summed E-state index contributed by atoms with van der Waals surface area (Å²) in [5, 5.41) is 19.9. The van der Waals surface area contributed by atoms with Gasteiger partial charge in [-0.05, 0) is 22.9 Å². The highest BCUT2D eigenvalue weighted by molar-refractivity contribution is 7.99. The van der Waals surface area contributed by atoms with Crippen LogP contribution in [-0.2, 0) is 4.79 Å². The Morgan fingerprint density at radius 3 is 2.67 bits per heavy atom. The van der Waals surface area contributed by atoms with Gasteiger partial charge in [-0.2, -0.15) is 0 Å². The van der Waals surface area contributed by atoms with E-state index in [2.05, 4.69) is 10.2 Å². The first-order valence-corrected chi connectivity index (χ1v) is 7.09. The van der Waals surface area contributed by atoms with Crippen molar-refractivity contribution in [2.45, 2.75) is 5.22 Å². The van der Waals surface area contributed by atoms with Gasteiger partial charge < -0.3 is 15.3 Å². The van der Waals surface area contributed by atoms with E-state index in [1.807, 2.05) is 24.3 Å². The molecule has 0 aliphatic rings. The number of carbonyl (C=O) groups excluding carboxylic acids is 1. The molecule has 0 bridgehead atoms. The third-order valence-electron chi connectivity index (χ3n) is 2.84. The van der Waals surface area contributed by atoms with Gasteiger partial charge in [0.15, 0.2) is 0 Å². The predicted octanol–water partition coefficient (Wildman–Crippen LogP) is 2.17. The van der Waals surface area contributed by atoms with E-state index >= 15 is 0 Å². The number of aromatic hydroxyl groups is 1. The first kappa shape index (κ1) is 13.4. The molecule has 0 unspecified atom stereocenters. The molecule has 106 valence electrons. The Morgan fingerprint density at radius 1 is 1.24 bits per heavy atom. The van der Waals surface area contributed by atoms with Gasteiger partial charge in [-0.1, -0.05) is 36.0 Å². The molecule has 0 atom stereocenters. The molecule has 1 heterocycles. The summed E-state index contributed by atoms with van der Waals surface area (Å²) >= 11 is 1.06. The number of primary amides is 1. The largest absolute Gasteiger partial charge is 0.507 e. The first-order valence-electron chi connectivity index (χ1n) is 6.10.